The highest BCUT2D eigenvalue weighted by Gasteiger charge is 2.37. The number of carbonyl (C=O) groups is 3. The number of rotatable bonds is 4. The van der Waals surface area contributed by atoms with Crippen LogP contribution in [-0.4, -0.2) is 28.9 Å². The monoisotopic (exact) mass is 324 g/mol. The van der Waals surface area contributed by atoms with Gasteiger partial charge in [-0.3, -0.25) is 14.4 Å². The fourth-order valence-electron chi connectivity index (χ4n) is 2.81. The number of nitrogens with zero attached hydrogens (tertiary/aromatic N) is 1. The summed E-state index contributed by atoms with van der Waals surface area (Å²) in [5, 5.41) is 8.84. The second kappa shape index (κ2) is 5.90. The average molecular weight is 324 g/mol. The number of aliphatic carboxylic acids is 1. The van der Waals surface area contributed by atoms with E-state index in [4.69, 9.17) is 10.8 Å². The molecule has 122 valence electrons. The van der Waals surface area contributed by atoms with E-state index in [0.717, 1.165) is 16.0 Å². The molecule has 0 fully saturated rings. The summed E-state index contributed by atoms with van der Waals surface area (Å²) in [6.45, 7) is 1.80. The Balaban J connectivity index is 1.88. The molecular formula is C18H16N2O4. The topological polar surface area (TPSA) is 101 Å². The number of hydrogen-bond donors (Lipinski definition) is 2. The Bertz CT molecular complexity index is 843. The lowest BCUT2D eigenvalue weighted by atomic mass is 10.0. The van der Waals surface area contributed by atoms with Crippen molar-refractivity contribution in [1.82, 2.24) is 0 Å². The van der Waals surface area contributed by atoms with Gasteiger partial charge in [-0.25, -0.2) is 4.90 Å². The van der Waals surface area contributed by atoms with Crippen molar-refractivity contribution in [2.24, 2.45) is 5.73 Å². The van der Waals surface area contributed by atoms with Crippen LogP contribution < -0.4 is 10.6 Å². The molecule has 0 saturated carbocycles. The third-order valence-electron chi connectivity index (χ3n) is 4.09. The summed E-state index contributed by atoms with van der Waals surface area (Å²) in [4.78, 5) is 37.0. The molecule has 0 aromatic heterocycles. The molecule has 1 heterocycles. The molecule has 1 aliphatic heterocycles. The van der Waals surface area contributed by atoms with Gasteiger partial charge in [-0.05, 0) is 42.7 Å². The fourth-order valence-corrected chi connectivity index (χ4v) is 2.81. The van der Waals surface area contributed by atoms with E-state index in [-0.39, 0.29) is 18.2 Å². The van der Waals surface area contributed by atoms with Crippen molar-refractivity contribution >= 4 is 23.5 Å². The van der Waals surface area contributed by atoms with Crippen molar-refractivity contribution in [3.63, 3.8) is 0 Å². The highest BCUT2D eigenvalue weighted by atomic mass is 16.4. The number of nitrogens with two attached hydrogens (primary N) is 1. The molecule has 1 atom stereocenters. The number of carboxylic acids is 1. The van der Waals surface area contributed by atoms with Crippen LogP contribution in [-0.2, 0) is 11.2 Å². The van der Waals surface area contributed by atoms with Crippen molar-refractivity contribution in [2.75, 3.05) is 4.90 Å². The minimum absolute atomic E-state index is 0.177. The van der Waals surface area contributed by atoms with Gasteiger partial charge < -0.3 is 10.8 Å². The first-order chi connectivity index (χ1) is 11.4. The number of aryl methyl sites for hydroxylation is 1. The predicted molar refractivity (Wildman–Crippen MR) is 88.1 cm³/mol. The molecule has 2 amide bonds. The zero-order valence-corrected chi connectivity index (χ0v) is 13.0. The molecule has 6 nitrogen and oxygen atoms in total. The predicted octanol–water partition coefficient (Wildman–Crippen LogP) is 1.75. The van der Waals surface area contributed by atoms with Crippen LogP contribution in [0.1, 0.15) is 31.8 Å². The molecule has 0 saturated heterocycles. The Labute approximate surface area is 138 Å². The second-order valence-corrected chi connectivity index (χ2v) is 5.76. The van der Waals surface area contributed by atoms with Crippen molar-refractivity contribution in [3.05, 3.63) is 64.7 Å². The lowest BCUT2D eigenvalue weighted by molar-refractivity contribution is -0.138. The normalized spacial score (nSPS) is 14.7. The first-order valence-corrected chi connectivity index (χ1v) is 7.46. The number of benzene rings is 2. The molecule has 2 aromatic carbocycles. The van der Waals surface area contributed by atoms with Crippen molar-refractivity contribution in [2.45, 2.75) is 19.4 Å². The summed E-state index contributed by atoms with van der Waals surface area (Å²) in [6, 6.07) is 10.8. The number of amides is 2. The zero-order valence-electron chi connectivity index (χ0n) is 13.0. The third kappa shape index (κ3) is 2.57. The van der Waals surface area contributed by atoms with E-state index in [2.05, 4.69) is 0 Å². The Morgan fingerprint density at radius 1 is 1.12 bits per heavy atom. The van der Waals surface area contributed by atoms with E-state index in [1.807, 2.05) is 0 Å². The van der Waals surface area contributed by atoms with Crippen molar-refractivity contribution in [1.29, 1.82) is 0 Å². The zero-order chi connectivity index (χ0) is 17.4. The van der Waals surface area contributed by atoms with Gasteiger partial charge in [-0.15, -0.1) is 0 Å². The quantitative estimate of drug-likeness (QED) is 0.835. The molecule has 1 aliphatic rings. The number of hydrogen-bond acceptors (Lipinski definition) is 4. The van der Waals surface area contributed by atoms with E-state index in [1.165, 1.54) is 0 Å². The molecule has 6 heteroatoms. The Morgan fingerprint density at radius 2 is 1.79 bits per heavy atom. The summed E-state index contributed by atoms with van der Waals surface area (Å²) < 4.78 is 0. The molecule has 3 rings (SSSR count). The van der Waals surface area contributed by atoms with Crippen molar-refractivity contribution in [3.8, 4) is 0 Å². The van der Waals surface area contributed by atoms with Gasteiger partial charge in [0.1, 0.15) is 6.04 Å². The van der Waals surface area contributed by atoms with Crippen LogP contribution in [0.15, 0.2) is 42.5 Å². The van der Waals surface area contributed by atoms with Crippen LogP contribution in [0, 0.1) is 6.92 Å². The Hall–Kier alpha value is -2.99. The maximum absolute atomic E-state index is 12.6. The average Bonchev–Trinajstić information content (AvgIpc) is 2.81. The molecule has 24 heavy (non-hydrogen) atoms. The molecule has 2 aromatic rings. The van der Waals surface area contributed by atoms with Gasteiger partial charge in [0.15, 0.2) is 0 Å². The molecule has 0 spiro atoms. The SMILES string of the molecule is Cc1cccc2c1C(=O)N(c1ccc(CC(N)C(=O)O)cc1)C2=O. The number of anilines is 1. The number of carboxylic acid groups (broad SMARTS) is 1. The summed E-state index contributed by atoms with van der Waals surface area (Å²) in [6.07, 6.45) is 0.177. The van der Waals surface area contributed by atoms with Gasteiger partial charge >= 0.3 is 5.97 Å². The molecule has 0 aliphatic carbocycles. The van der Waals surface area contributed by atoms with E-state index >= 15 is 0 Å². The van der Waals surface area contributed by atoms with Crippen LogP contribution >= 0.6 is 0 Å². The number of imide groups is 1. The van der Waals surface area contributed by atoms with Gasteiger partial charge in [0.25, 0.3) is 11.8 Å². The van der Waals surface area contributed by atoms with Crippen molar-refractivity contribution < 1.29 is 19.5 Å². The van der Waals surface area contributed by atoms with Crippen LogP contribution in [0.5, 0.6) is 0 Å². The summed E-state index contributed by atoms with van der Waals surface area (Å²) in [7, 11) is 0. The fraction of sp³-hybridized carbons (Fsp3) is 0.167. The molecule has 1 unspecified atom stereocenters. The largest absolute Gasteiger partial charge is 0.480 e. The molecule has 0 radical (unpaired) electrons. The van der Waals surface area contributed by atoms with Gasteiger partial charge in [0.05, 0.1) is 16.8 Å². The lowest BCUT2D eigenvalue weighted by Crippen LogP contribution is -2.32. The van der Waals surface area contributed by atoms with E-state index in [1.54, 1.807) is 49.4 Å². The minimum Gasteiger partial charge on any atom is -0.480 e. The third-order valence-corrected chi connectivity index (χ3v) is 4.09. The summed E-state index contributed by atoms with van der Waals surface area (Å²) in [5.74, 6) is -1.77. The van der Waals surface area contributed by atoms with E-state index in [9.17, 15) is 14.4 Å². The van der Waals surface area contributed by atoms with Gasteiger partial charge in [0.2, 0.25) is 0 Å². The Kier molecular flexibility index (Phi) is 3.91. The van der Waals surface area contributed by atoms with Gasteiger partial charge in [-0.2, -0.15) is 0 Å². The maximum atomic E-state index is 12.6. The standard InChI is InChI=1S/C18H16N2O4/c1-10-3-2-4-13-15(10)17(22)20(16(13)21)12-7-5-11(6-8-12)9-14(19)18(23)24/h2-8,14H,9,19H2,1H3,(H,23,24). The minimum atomic E-state index is -1.07. The smallest absolute Gasteiger partial charge is 0.320 e. The van der Waals surface area contributed by atoms with E-state index < -0.39 is 12.0 Å². The highest BCUT2D eigenvalue weighted by Crippen LogP contribution is 2.30. The number of carbonyl (C=O) groups excluding carboxylic acids is 2. The van der Waals surface area contributed by atoms with Crippen LogP contribution in [0.4, 0.5) is 5.69 Å². The molecule has 3 N–H and O–H groups in total. The van der Waals surface area contributed by atoms with Crippen LogP contribution in [0.25, 0.3) is 0 Å². The number of fused-ring (bicyclic) bond motifs is 1. The first kappa shape index (κ1) is 15.9. The van der Waals surface area contributed by atoms with E-state index in [0.29, 0.717) is 16.8 Å². The highest BCUT2D eigenvalue weighted by molar-refractivity contribution is 6.34. The van der Waals surface area contributed by atoms with Crippen LogP contribution in [0.3, 0.4) is 0 Å². The first-order valence-electron chi connectivity index (χ1n) is 7.46. The van der Waals surface area contributed by atoms with Crippen LogP contribution in [0.2, 0.25) is 0 Å². The van der Waals surface area contributed by atoms with Gasteiger partial charge in [0, 0.05) is 0 Å². The Morgan fingerprint density at radius 3 is 2.38 bits per heavy atom. The van der Waals surface area contributed by atoms with Gasteiger partial charge in [-0.1, -0.05) is 24.3 Å². The maximum Gasteiger partial charge on any atom is 0.320 e. The summed E-state index contributed by atoms with van der Waals surface area (Å²) in [5.41, 5.74) is 8.28. The lowest BCUT2D eigenvalue weighted by Gasteiger charge is -2.15. The molecule has 0 bridgehead atoms. The second-order valence-electron chi connectivity index (χ2n) is 5.76. The molecular weight excluding hydrogens is 308 g/mol. The summed E-state index contributed by atoms with van der Waals surface area (Å²) >= 11 is 0.